The fourth-order valence-corrected chi connectivity index (χ4v) is 1.91. The Balaban J connectivity index is 2.05. The molecule has 0 saturated heterocycles. The second-order valence-electron chi connectivity index (χ2n) is 4.38. The lowest BCUT2D eigenvalue weighted by atomic mass is 10.2. The van der Waals surface area contributed by atoms with Crippen molar-refractivity contribution < 1.29 is 9.67 Å². The van der Waals surface area contributed by atoms with E-state index in [0.717, 1.165) is 16.9 Å². The third kappa shape index (κ3) is 2.20. The average Bonchev–Trinajstić information content (AvgIpc) is 2.83. The minimum Gasteiger partial charge on any atom is -0.817 e. The summed E-state index contributed by atoms with van der Waals surface area (Å²) in [7, 11) is 0. The van der Waals surface area contributed by atoms with Crippen molar-refractivity contribution in [1.82, 2.24) is 9.78 Å². The van der Waals surface area contributed by atoms with Gasteiger partial charge in [-0.2, -0.15) is 0 Å². The van der Waals surface area contributed by atoms with Crippen LogP contribution in [0.15, 0.2) is 60.9 Å². The van der Waals surface area contributed by atoms with E-state index in [0.29, 0.717) is 0 Å². The molecule has 1 aromatic heterocycles. The van der Waals surface area contributed by atoms with Gasteiger partial charge in [0.05, 0.1) is 0 Å². The predicted octanol–water partition coefficient (Wildman–Crippen LogP) is 1.53. The molecule has 4 nitrogen and oxygen atoms in total. The molecule has 2 aromatic carbocycles. The van der Waals surface area contributed by atoms with E-state index in [4.69, 9.17) is 0 Å². The molecule has 19 heavy (non-hydrogen) atoms. The van der Waals surface area contributed by atoms with Crippen LogP contribution in [0.25, 0.3) is 11.4 Å². The van der Waals surface area contributed by atoms with Crippen LogP contribution in [0.1, 0.15) is 5.56 Å². The second kappa shape index (κ2) is 4.57. The van der Waals surface area contributed by atoms with Gasteiger partial charge in [-0.25, -0.2) is 4.57 Å². The Bertz CT molecular complexity index is 687. The monoisotopic (exact) mass is 251 g/mol. The molecule has 1 heterocycles. The number of aromatic nitrogens is 3. The van der Waals surface area contributed by atoms with E-state index in [9.17, 15) is 5.11 Å². The quantitative estimate of drug-likeness (QED) is 0.648. The maximum atomic E-state index is 11.9. The molecule has 4 heteroatoms. The van der Waals surface area contributed by atoms with Gasteiger partial charge in [0, 0.05) is 5.10 Å². The zero-order valence-electron chi connectivity index (χ0n) is 10.5. The van der Waals surface area contributed by atoms with Crippen molar-refractivity contribution in [2.24, 2.45) is 0 Å². The molecule has 0 aliphatic carbocycles. The van der Waals surface area contributed by atoms with Crippen LogP contribution in [0, 0.1) is 6.92 Å². The maximum Gasteiger partial charge on any atom is 0.250 e. The Morgan fingerprint density at radius 3 is 2.37 bits per heavy atom. The summed E-state index contributed by atoms with van der Waals surface area (Å²) in [6.45, 7) is 2.01. The number of hydrogen-bond acceptors (Lipinski definition) is 2. The molecular formula is C15H13N3O. The van der Waals surface area contributed by atoms with E-state index in [-0.39, 0.29) is 6.01 Å². The summed E-state index contributed by atoms with van der Waals surface area (Å²) in [6, 6.07) is 17.1. The molecule has 0 unspecified atom stereocenters. The summed E-state index contributed by atoms with van der Waals surface area (Å²) in [4.78, 5) is 0. The molecule has 0 aliphatic heterocycles. The van der Waals surface area contributed by atoms with Gasteiger partial charge in [-0.05, 0) is 31.2 Å². The van der Waals surface area contributed by atoms with Crippen molar-refractivity contribution in [2.45, 2.75) is 6.92 Å². The lowest BCUT2D eigenvalue weighted by Crippen LogP contribution is -2.32. The van der Waals surface area contributed by atoms with Gasteiger partial charge >= 0.3 is 0 Å². The highest BCUT2D eigenvalue weighted by Gasteiger charge is 2.12. The van der Waals surface area contributed by atoms with Gasteiger partial charge in [-0.15, -0.1) is 0 Å². The molecular weight excluding hydrogens is 238 g/mol. The lowest BCUT2D eigenvalue weighted by molar-refractivity contribution is -0.651. The largest absolute Gasteiger partial charge is 0.817 e. The van der Waals surface area contributed by atoms with Gasteiger partial charge in [-0.3, -0.25) is 0 Å². The van der Waals surface area contributed by atoms with E-state index in [1.165, 1.54) is 4.57 Å². The van der Waals surface area contributed by atoms with Crippen molar-refractivity contribution in [3.05, 3.63) is 66.5 Å². The van der Waals surface area contributed by atoms with E-state index in [1.807, 2.05) is 61.5 Å². The number of nitrogens with zero attached hydrogens (tertiary/aromatic N) is 3. The van der Waals surface area contributed by atoms with Crippen LogP contribution in [0.5, 0.6) is 6.01 Å². The standard InChI is InChI=1S/C15H13N3O/c1-12-7-9-13(10-8-12)17-11-18(16-15(17)19)14-5-3-2-4-6-14/h2-11H,1H3. The van der Waals surface area contributed by atoms with Gasteiger partial charge in [0.1, 0.15) is 11.4 Å². The Kier molecular flexibility index (Phi) is 2.76. The van der Waals surface area contributed by atoms with Crippen LogP contribution < -0.4 is 9.67 Å². The fourth-order valence-electron chi connectivity index (χ4n) is 1.91. The van der Waals surface area contributed by atoms with Crippen LogP contribution >= 0.6 is 0 Å². The molecule has 0 radical (unpaired) electrons. The van der Waals surface area contributed by atoms with Crippen LogP contribution in [0.4, 0.5) is 0 Å². The highest BCUT2D eigenvalue weighted by Crippen LogP contribution is 2.08. The van der Waals surface area contributed by atoms with E-state index in [1.54, 1.807) is 11.0 Å². The Morgan fingerprint density at radius 1 is 1.00 bits per heavy atom. The SMILES string of the molecule is Cc1ccc(-[n+]2cn(-c3ccccc3)nc2[O-])cc1. The minimum absolute atomic E-state index is 0.285. The first-order valence-corrected chi connectivity index (χ1v) is 6.05. The Hall–Kier alpha value is -2.62. The second-order valence-corrected chi connectivity index (χ2v) is 4.38. The average molecular weight is 251 g/mol. The third-order valence-electron chi connectivity index (χ3n) is 2.96. The predicted molar refractivity (Wildman–Crippen MR) is 69.3 cm³/mol. The molecule has 3 aromatic rings. The summed E-state index contributed by atoms with van der Waals surface area (Å²) in [6.07, 6.45) is 1.70. The smallest absolute Gasteiger partial charge is 0.250 e. The summed E-state index contributed by atoms with van der Waals surface area (Å²) >= 11 is 0. The van der Waals surface area contributed by atoms with Gasteiger partial charge in [-0.1, -0.05) is 40.6 Å². The normalized spacial score (nSPS) is 10.6. The molecule has 0 fully saturated rings. The summed E-state index contributed by atoms with van der Waals surface area (Å²) in [5, 5.41) is 15.9. The fraction of sp³-hybridized carbons (Fsp3) is 0.0667. The topological polar surface area (TPSA) is 44.8 Å². The number of rotatable bonds is 2. The molecule has 0 amide bonds. The maximum absolute atomic E-state index is 11.9. The highest BCUT2D eigenvalue weighted by atomic mass is 16.3. The molecule has 0 aliphatic rings. The first-order chi connectivity index (χ1) is 9.24. The Labute approximate surface area is 111 Å². The van der Waals surface area contributed by atoms with Crippen LogP contribution in [0.3, 0.4) is 0 Å². The number of aryl methyl sites for hydroxylation is 1. The Morgan fingerprint density at radius 2 is 1.68 bits per heavy atom. The minimum atomic E-state index is -0.285. The van der Waals surface area contributed by atoms with Crippen molar-refractivity contribution in [2.75, 3.05) is 0 Å². The zero-order chi connectivity index (χ0) is 13.2. The van der Waals surface area contributed by atoms with E-state index < -0.39 is 0 Å². The molecule has 0 spiro atoms. The molecule has 3 rings (SSSR count). The van der Waals surface area contributed by atoms with Crippen molar-refractivity contribution in [3.63, 3.8) is 0 Å². The molecule has 0 N–H and O–H groups in total. The van der Waals surface area contributed by atoms with Crippen LogP contribution in [-0.2, 0) is 0 Å². The zero-order valence-corrected chi connectivity index (χ0v) is 10.5. The number of para-hydroxylation sites is 1. The van der Waals surface area contributed by atoms with Crippen molar-refractivity contribution in [3.8, 4) is 17.4 Å². The first kappa shape index (κ1) is 11.5. The van der Waals surface area contributed by atoms with Gasteiger partial charge in [0.15, 0.2) is 0 Å². The van der Waals surface area contributed by atoms with Crippen molar-refractivity contribution >= 4 is 0 Å². The molecule has 0 saturated carbocycles. The molecule has 94 valence electrons. The van der Waals surface area contributed by atoms with Crippen molar-refractivity contribution in [1.29, 1.82) is 0 Å². The molecule has 0 atom stereocenters. The molecule has 0 bridgehead atoms. The van der Waals surface area contributed by atoms with E-state index in [2.05, 4.69) is 5.10 Å². The highest BCUT2D eigenvalue weighted by molar-refractivity contribution is 5.30. The van der Waals surface area contributed by atoms with Gasteiger partial charge < -0.3 is 5.11 Å². The summed E-state index contributed by atoms with van der Waals surface area (Å²) < 4.78 is 3.12. The summed E-state index contributed by atoms with van der Waals surface area (Å²) in [5.41, 5.74) is 2.84. The van der Waals surface area contributed by atoms with Gasteiger partial charge in [0.2, 0.25) is 12.3 Å². The summed E-state index contributed by atoms with van der Waals surface area (Å²) in [5.74, 6) is 0. The number of benzene rings is 2. The lowest BCUT2D eigenvalue weighted by Gasteiger charge is -2.01. The van der Waals surface area contributed by atoms with Crippen LogP contribution in [0.2, 0.25) is 0 Å². The first-order valence-electron chi connectivity index (χ1n) is 6.05. The van der Waals surface area contributed by atoms with Gasteiger partial charge in [0.25, 0.3) is 0 Å². The van der Waals surface area contributed by atoms with Crippen LogP contribution in [-0.4, -0.2) is 9.78 Å². The third-order valence-corrected chi connectivity index (χ3v) is 2.96. The number of hydrogen-bond donors (Lipinski definition) is 0. The van der Waals surface area contributed by atoms with E-state index >= 15 is 0 Å².